The van der Waals surface area contributed by atoms with Crippen LogP contribution in [0.25, 0.3) is 6.08 Å². The van der Waals surface area contributed by atoms with Crippen LogP contribution in [0.1, 0.15) is 18.9 Å². The zero-order chi connectivity index (χ0) is 14.3. The van der Waals surface area contributed by atoms with Crippen molar-refractivity contribution in [2.45, 2.75) is 19.4 Å². The zero-order valence-corrected chi connectivity index (χ0v) is 12.6. The smallest absolute Gasteiger partial charge is 0.244 e. The molecule has 2 N–H and O–H groups in total. The van der Waals surface area contributed by atoms with Gasteiger partial charge in [0.1, 0.15) is 5.75 Å². The molecule has 0 aromatic heterocycles. The van der Waals surface area contributed by atoms with Gasteiger partial charge in [0.2, 0.25) is 5.91 Å². The number of ether oxygens (including phenoxy) is 1. The van der Waals surface area contributed by atoms with Gasteiger partial charge in [0.05, 0.1) is 13.2 Å². The summed E-state index contributed by atoms with van der Waals surface area (Å²) in [6.45, 7) is 2.14. The molecule has 104 valence electrons. The number of aliphatic hydroxyl groups is 1. The maximum atomic E-state index is 11.6. The van der Waals surface area contributed by atoms with E-state index in [4.69, 9.17) is 9.84 Å². The molecule has 5 heteroatoms. The Labute approximate surface area is 121 Å². The molecule has 0 aliphatic rings. The minimum absolute atomic E-state index is 0.192. The van der Waals surface area contributed by atoms with Gasteiger partial charge in [-0.2, -0.15) is 0 Å². The van der Waals surface area contributed by atoms with E-state index in [0.717, 1.165) is 10.0 Å². The van der Waals surface area contributed by atoms with E-state index in [9.17, 15) is 4.79 Å². The van der Waals surface area contributed by atoms with Gasteiger partial charge in [-0.1, -0.05) is 15.9 Å². The fraction of sp³-hybridized carbons (Fsp3) is 0.357. The van der Waals surface area contributed by atoms with E-state index in [0.29, 0.717) is 18.7 Å². The molecule has 1 aromatic carbocycles. The van der Waals surface area contributed by atoms with Gasteiger partial charge in [-0.3, -0.25) is 4.79 Å². The Morgan fingerprint density at radius 3 is 2.95 bits per heavy atom. The lowest BCUT2D eigenvalue weighted by Crippen LogP contribution is -2.24. The summed E-state index contributed by atoms with van der Waals surface area (Å²) in [6, 6.07) is 5.58. The summed E-state index contributed by atoms with van der Waals surface area (Å²) in [4.78, 5) is 11.6. The van der Waals surface area contributed by atoms with Gasteiger partial charge < -0.3 is 15.2 Å². The number of rotatable bonds is 6. The lowest BCUT2D eigenvalue weighted by atomic mass is 10.2. The molecular formula is C14H18BrNO3. The number of carbonyl (C=O) groups is 1. The molecule has 4 nitrogen and oxygen atoms in total. The van der Waals surface area contributed by atoms with Crippen LogP contribution < -0.4 is 10.1 Å². The van der Waals surface area contributed by atoms with Crippen molar-refractivity contribution in [3.05, 3.63) is 34.3 Å². The van der Waals surface area contributed by atoms with E-state index in [1.54, 1.807) is 20.1 Å². The van der Waals surface area contributed by atoms with E-state index in [2.05, 4.69) is 21.2 Å². The van der Waals surface area contributed by atoms with Crippen LogP contribution in [0.4, 0.5) is 0 Å². The standard InChI is InChI=1S/C14H18BrNO3/c1-10(17)7-8-16-14(18)6-3-11-9-12(15)4-5-13(11)19-2/h3-6,9-10,17H,7-8H2,1-2H3,(H,16,18). The average Bonchev–Trinajstić information content (AvgIpc) is 2.36. The fourth-order valence-corrected chi connectivity index (χ4v) is 1.84. The van der Waals surface area contributed by atoms with Gasteiger partial charge in [0.15, 0.2) is 0 Å². The molecule has 0 heterocycles. The first-order valence-electron chi connectivity index (χ1n) is 6.00. The van der Waals surface area contributed by atoms with Crippen LogP contribution in [0.3, 0.4) is 0 Å². The molecule has 19 heavy (non-hydrogen) atoms. The highest BCUT2D eigenvalue weighted by Crippen LogP contribution is 2.23. The van der Waals surface area contributed by atoms with Crippen LogP contribution in [0.5, 0.6) is 5.75 Å². The van der Waals surface area contributed by atoms with E-state index in [1.165, 1.54) is 6.08 Å². The van der Waals surface area contributed by atoms with E-state index in [1.807, 2.05) is 18.2 Å². The second kappa shape index (κ2) is 7.96. The van der Waals surface area contributed by atoms with Gasteiger partial charge in [-0.05, 0) is 37.6 Å². The summed E-state index contributed by atoms with van der Waals surface area (Å²) in [5.74, 6) is 0.513. The van der Waals surface area contributed by atoms with Crippen molar-refractivity contribution >= 4 is 27.9 Å². The number of halogens is 1. The van der Waals surface area contributed by atoms with Crippen LogP contribution >= 0.6 is 15.9 Å². The van der Waals surface area contributed by atoms with E-state index < -0.39 is 6.10 Å². The van der Waals surface area contributed by atoms with Crippen molar-refractivity contribution in [3.63, 3.8) is 0 Å². The molecule has 1 unspecified atom stereocenters. The molecule has 0 bridgehead atoms. The maximum Gasteiger partial charge on any atom is 0.244 e. The average molecular weight is 328 g/mol. The molecule has 0 saturated heterocycles. The Morgan fingerprint density at radius 1 is 1.58 bits per heavy atom. The highest BCUT2D eigenvalue weighted by atomic mass is 79.9. The minimum Gasteiger partial charge on any atom is -0.496 e. The molecule has 0 aliphatic heterocycles. The number of nitrogens with one attached hydrogen (secondary N) is 1. The first kappa shape index (κ1) is 15.7. The van der Waals surface area contributed by atoms with Crippen molar-refractivity contribution in [2.24, 2.45) is 0 Å². The quantitative estimate of drug-likeness (QED) is 0.788. The van der Waals surface area contributed by atoms with Crippen LogP contribution in [-0.4, -0.2) is 30.8 Å². The molecule has 0 aliphatic carbocycles. The lowest BCUT2D eigenvalue weighted by molar-refractivity contribution is -0.116. The van der Waals surface area contributed by atoms with Gasteiger partial charge in [0, 0.05) is 22.7 Å². The van der Waals surface area contributed by atoms with Crippen molar-refractivity contribution in [1.29, 1.82) is 0 Å². The number of carbonyl (C=O) groups excluding carboxylic acids is 1. The second-order valence-electron chi connectivity index (χ2n) is 4.15. The molecule has 0 spiro atoms. The van der Waals surface area contributed by atoms with Crippen LogP contribution in [0, 0.1) is 0 Å². The minimum atomic E-state index is -0.408. The lowest BCUT2D eigenvalue weighted by Gasteiger charge is -2.06. The predicted octanol–water partition coefficient (Wildman–Crippen LogP) is 2.36. The molecule has 1 rings (SSSR count). The van der Waals surface area contributed by atoms with Crippen molar-refractivity contribution < 1.29 is 14.6 Å². The Hall–Kier alpha value is -1.33. The zero-order valence-electron chi connectivity index (χ0n) is 11.0. The summed E-state index contributed by atoms with van der Waals surface area (Å²) in [5, 5.41) is 11.8. The molecular weight excluding hydrogens is 310 g/mol. The van der Waals surface area contributed by atoms with Crippen molar-refractivity contribution in [2.75, 3.05) is 13.7 Å². The number of methoxy groups -OCH3 is 1. The molecule has 0 radical (unpaired) electrons. The summed E-state index contributed by atoms with van der Waals surface area (Å²) in [6.07, 6.45) is 3.28. The number of hydrogen-bond acceptors (Lipinski definition) is 3. The van der Waals surface area contributed by atoms with Gasteiger partial charge in [-0.15, -0.1) is 0 Å². The number of aliphatic hydroxyl groups excluding tert-OH is 1. The maximum absolute atomic E-state index is 11.6. The second-order valence-corrected chi connectivity index (χ2v) is 5.06. The molecule has 1 aromatic rings. The van der Waals surface area contributed by atoms with Crippen molar-refractivity contribution in [1.82, 2.24) is 5.32 Å². The Morgan fingerprint density at radius 2 is 2.32 bits per heavy atom. The normalized spacial score (nSPS) is 12.4. The third-order valence-electron chi connectivity index (χ3n) is 2.47. The molecule has 1 atom stereocenters. The van der Waals surface area contributed by atoms with Gasteiger partial charge in [0.25, 0.3) is 0 Å². The molecule has 0 fully saturated rings. The summed E-state index contributed by atoms with van der Waals surface area (Å²) in [5.41, 5.74) is 0.822. The van der Waals surface area contributed by atoms with E-state index in [-0.39, 0.29) is 5.91 Å². The van der Waals surface area contributed by atoms with Crippen LogP contribution in [0.15, 0.2) is 28.7 Å². The monoisotopic (exact) mass is 327 g/mol. The Bertz CT molecular complexity index is 458. The van der Waals surface area contributed by atoms with Crippen LogP contribution in [0.2, 0.25) is 0 Å². The third kappa shape index (κ3) is 5.89. The largest absolute Gasteiger partial charge is 0.496 e. The van der Waals surface area contributed by atoms with Gasteiger partial charge >= 0.3 is 0 Å². The Balaban J connectivity index is 2.60. The summed E-state index contributed by atoms with van der Waals surface area (Å²) >= 11 is 3.37. The topological polar surface area (TPSA) is 58.6 Å². The third-order valence-corrected chi connectivity index (χ3v) is 2.96. The summed E-state index contributed by atoms with van der Waals surface area (Å²) in [7, 11) is 1.59. The van der Waals surface area contributed by atoms with E-state index >= 15 is 0 Å². The number of benzene rings is 1. The first-order valence-corrected chi connectivity index (χ1v) is 6.79. The summed E-state index contributed by atoms with van der Waals surface area (Å²) < 4.78 is 6.13. The molecule has 1 amide bonds. The van der Waals surface area contributed by atoms with Gasteiger partial charge in [-0.25, -0.2) is 0 Å². The fourth-order valence-electron chi connectivity index (χ4n) is 1.46. The predicted molar refractivity (Wildman–Crippen MR) is 79.0 cm³/mol. The Kier molecular flexibility index (Phi) is 6.59. The highest BCUT2D eigenvalue weighted by Gasteiger charge is 2.02. The SMILES string of the molecule is COc1ccc(Br)cc1C=CC(=O)NCCC(C)O. The first-order chi connectivity index (χ1) is 9.02. The van der Waals surface area contributed by atoms with Crippen molar-refractivity contribution in [3.8, 4) is 5.75 Å². The number of amides is 1. The number of hydrogen-bond donors (Lipinski definition) is 2. The van der Waals surface area contributed by atoms with Crippen LogP contribution in [-0.2, 0) is 4.79 Å². The highest BCUT2D eigenvalue weighted by molar-refractivity contribution is 9.10. The molecule has 0 saturated carbocycles.